The molecule has 0 aliphatic carbocycles. The van der Waals surface area contributed by atoms with Crippen molar-refractivity contribution < 1.29 is 9.53 Å². The molecule has 0 bridgehead atoms. The number of rotatable bonds is 6. The van der Waals surface area contributed by atoms with Crippen LogP contribution < -0.4 is 10.1 Å². The van der Waals surface area contributed by atoms with Crippen LogP contribution in [-0.2, 0) is 17.3 Å². The van der Waals surface area contributed by atoms with Crippen molar-refractivity contribution in [2.45, 2.75) is 31.3 Å². The van der Waals surface area contributed by atoms with Gasteiger partial charge in [0, 0.05) is 17.6 Å². The van der Waals surface area contributed by atoms with Crippen LogP contribution in [0.3, 0.4) is 0 Å². The number of ether oxygens (including phenoxy) is 1. The first-order chi connectivity index (χ1) is 14.2. The first-order valence-corrected chi connectivity index (χ1v) is 10.8. The highest BCUT2D eigenvalue weighted by Crippen LogP contribution is 2.29. The Morgan fingerprint density at radius 2 is 1.87 bits per heavy atom. The van der Waals surface area contributed by atoms with E-state index in [1.54, 1.807) is 25.3 Å². The Morgan fingerprint density at radius 3 is 2.50 bits per heavy atom. The molecule has 0 saturated carbocycles. The number of benzene rings is 2. The lowest BCUT2D eigenvalue weighted by Crippen LogP contribution is -2.15. The van der Waals surface area contributed by atoms with E-state index in [2.05, 4.69) is 60.6 Å². The van der Waals surface area contributed by atoms with Gasteiger partial charge in [0.15, 0.2) is 11.0 Å². The van der Waals surface area contributed by atoms with E-state index in [1.807, 2.05) is 11.6 Å². The number of aromatic nitrogens is 3. The number of thioether (sulfide) groups is 1. The normalized spacial score (nSPS) is 11.4. The Hall–Kier alpha value is -2.51. The number of amides is 1. The van der Waals surface area contributed by atoms with Gasteiger partial charge < -0.3 is 14.6 Å². The molecule has 1 N–H and O–H groups in total. The van der Waals surface area contributed by atoms with Crippen molar-refractivity contribution in [3.63, 3.8) is 0 Å². The zero-order chi connectivity index (χ0) is 21.9. The molecule has 0 unspecified atom stereocenters. The second-order valence-corrected chi connectivity index (χ2v) is 9.25. The summed E-state index contributed by atoms with van der Waals surface area (Å²) in [6.45, 7) is 6.55. The molecule has 30 heavy (non-hydrogen) atoms. The molecule has 0 fully saturated rings. The van der Waals surface area contributed by atoms with Gasteiger partial charge in [-0.2, -0.15) is 0 Å². The Kier molecular flexibility index (Phi) is 6.73. The Morgan fingerprint density at radius 1 is 1.17 bits per heavy atom. The van der Waals surface area contributed by atoms with E-state index in [-0.39, 0.29) is 17.1 Å². The number of hydrogen-bond acceptors (Lipinski definition) is 5. The molecule has 158 valence electrons. The van der Waals surface area contributed by atoms with Crippen molar-refractivity contribution in [1.29, 1.82) is 0 Å². The van der Waals surface area contributed by atoms with Crippen molar-refractivity contribution in [3.8, 4) is 17.1 Å². The third-order valence-corrected chi connectivity index (χ3v) is 5.87. The van der Waals surface area contributed by atoms with Gasteiger partial charge in [0.05, 0.1) is 18.6 Å². The largest absolute Gasteiger partial charge is 0.495 e. The highest BCUT2D eigenvalue weighted by atomic mass is 35.5. The number of nitrogens with one attached hydrogen (secondary N) is 1. The molecule has 1 aromatic heterocycles. The second kappa shape index (κ2) is 9.10. The Bertz CT molecular complexity index is 1040. The Labute approximate surface area is 186 Å². The number of nitrogens with zero attached hydrogens (tertiary/aromatic N) is 3. The average molecular weight is 445 g/mol. The van der Waals surface area contributed by atoms with Gasteiger partial charge in [0.1, 0.15) is 5.75 Å². The third-order valence-electron chi connectivity index (χ3n) is 4.61. The maximum absolute atomic E-state index is 12.4. The van der Waals surface area contributed by atoms with E-state index >= 15 is 0 Å². The summed E-state index contributed by atoms with van der Waals surface area (Å²) in [6, 6.07) is 13.4. The molecular weight excluding hydrogens is 420 g/mol. The number of carbonyl (C=O) groups is 1. The topological polar surface area (TPSA) is 69.0 Å². The highest BCUT2D eigenvalue weighted by molar-refractivity contribution is 7.99. The first kappa shape index (κ1) is 22.2. The highest BCUT2D eigenvalue weighted by Gasteiger charge is 2.16. The fourth-order valence-corrected chi connectivity index (χ4v) is 3.79. The van der Waals surface area contributed by atoms with Gasteiger partial charge in [0.2, 0.25) is 5.91 Å². The number of halogens is 1. The molecule has 3 rings (SSSR count). The monoisotopic (exact) mass is 444 g/mol. The van der Waals surface area contributed by atoms with Gasteiger partial charge >= 0.3 is 0 Å². The van der Waals surface area contributed by atoms with Crippen LogP contribution in [0, 0.1) is 0 Å². The summed E-state index contributed by atoms with van der Waals surface area (Å²) < 4.78 is 7.15. The lowest BCUT2D eigenvalue weighted by Gasteiger charge is -2.19. The van der Waals surface area contributed by atoms with Gasteiger partial charge in [-0.1, -0.05) is 68.4 Å². The lowest BCUT2D eigenvalue weighted by molar-refractivity contribution is -0.113. The molecule has 0 radical (unpaired) electrons. The number of hydrogen-bond donors (Lipinski definition) is 1. The van der Waals surface area contributed by atoms with Crippen molar-refractivity contribution in [2.75, 3.05) is 18.2 Å². The van der Waals surface area contributed by atoms with Crippen molar-refractivity contribution in [3.05, 3.63) is 53.1 Å². The van der Waals surface area contributed by atoms with Crippen LogP contribution >= 0.6 is 23.4 Å². The van der Waals surface area contributed by atoms with Gasteiger partial charge in [-0.25, -0.2) is 0 Å². The predicted molar refractivity (Wildman–Crippen MR) is 122 cm³/mol. The van der Waals surface area contributed by atoms with E-state index in [9.17, 15) is 4.79 Å². The Balaban J connectivity index is 1.67. The minimum absolute atomic E-state index is 0.0957. The molecule has 0 atom stereocenters. The molecule has 1 amide bonds. The van der Waals surface area contributed by atoms with E-state index < -0.39 is 0 Å². The lowest BCUT2D eigenvalue weighted by atomic mass is 9.87. The molecule has 6 nitrogen and oxygen atoms in total. The van der Waals surface area contributed by atoms with Crippen LogP contribution in [0.4, 0.5) is 5.69 Å². The standard InChI is InChI=1S/C22H25ClN4O2S/c1-22(2,3)15-8-6-14(7-9-15)20-25-26-21(27(20)4)30-13-19(28)24-17-12-16(23)10-11-18(17)29-5/h6-12H,13H2,1-5H3,(H,24,28). The molecule has 3 aromatic rings. The predicted octanol–water partition coefficient (Wildman–Crippen LogP) is 5.17. The summed E-state index contributed by atoms with van der Waals surface area (Å²) in [7, 11) is 3.44. The smallest absolute Gasteiger partial charge is 0.234 e. The van der Waals surface area contributed by atoms with Gasteiger partial charge in [-0.15, -0.1) is 10.2 Å². The molecule has 1 heterocycles. The average Bonchev–Trinajstić information content (AvgIpc) is 3.06. The summed E-state index contributed by atoms with van der Waals surface area (Å²) in [5, 5.41) is 12.6. The minimum atomic E-state index is -0.181. The zero-order valence-corrected chi connectivity index (χ0v) is 19.3. The van der Waals surface area contributed by atoms with Gasteiger partial charge in [-0.05, 0) is 29.2 Å². The summed E-state index contributed by atoms with van der Waals surface area (Å²) in [5.74, 6) is 1.32. The van der Waals surface area contributed by atoms with Gasteiger partial charge in [-0.3, -0.25) is 4.79 Å². The van der Waals surface area contributed by atoms with E-state index in [0.29, 0.717) is 21.6 Å². The summed E-state index contributed by atoms with van der Waals surface area (Å²) in [4.78, 5) is 12.4. The molecule has 0 saturated heterocycles. The molecule has 0 aliphatic rings. The van der Waals surface area contributed by atoms with Crippen LogP contribution in [0.25, 0.3) is 11.4 Å². The number of methoxy groups -OCH3 is 1. The summed E-state index contributed by atoms with van der Waals surface area (Å²) in [5.41, 5.74) is 2.88. The minimum Gasteiger partial charge on any atom is -0.495 e. The van der Waals surface area contributed by atoms with E-state index in [0.717, 1.165) is 11.4 Å². The summed E-state index contributed by atoms with van der Waals surface area (Å²) in [6.07, 6.45) is 0. The van der Waals surface area contributed by atoms with E-state index in [1.165, 1.54) is 17.3 Å². The SMILES string of the molecule is COc1ccc(Cl)cc1NC(=O)CSc1nnc(-c2ccc(C(C)(C)C)cc2)n1C. The number of carbonyl (C=O) groups excluding carboxylic acids is 1. The number of anilines is 1. The molecule has 0 spiro atoms. The second-order valence-electron chi connectivity index (χ2n) is 7.87. The van der Waals surface area contributed by atoms with Crippen molar-refractivity contribution >= 4 is 35.0 Å². The summed E-state index contributed by atoms with van der Waals surface area (Å²) >= 11 is 7.33. The van der Waals surface area contributed by atoms with Crippen LogP contribution in [-0.4, -0.2) is 33.5 Å². The van der Waals surface area contributed by atoms with Crippen molar-refractivity contribution in [2.24, 2.45) is 7.05 Å². The zero-order valence-electron chi connectivity index (χ0n) is 17.7. The maximum Gasteiger partial charge on any atom is 0.234 e. The molecule has 8 heteroatoms. The van der Waals surface area contributed by atoms with Crippen LogP contribution in [0.1, 0.15) is 26.3 Å². The first-order valence-electron chi connectivity index (χ1n) is 9.45. The fourth-order valence-electron chi connectivity index (χ4n) is 2.91. The van der Waals surface area contributed by atoms with E-state index in [4.69, 9.17) is 16.3 Å². The maximum atomic E-state index is 12.4. The molecular formula is C22H25ClN4O2S. The van der Waals surface area contributed by atoms with Gasteiger partial charge in [0.25, 0.3) is 0 Å². The van der Waals surface area contributed by atoms with Crippen LogP contribution in [0.2, 0.25) is 5.02 Å². The quantitative estimate of drug-likeness (QED) is 0.531. The van der Waals surface area contributed by atoms with Crippen LogP contribution in [0.5, 0.6) is 5.75 Å². The third kappa shape index (κ3) is 5.15. The molecule has 0 aliphatic heterocycles. The van der Waals surface area contributed by atoms with Crippen LogP contribution in [0.15, 0.2) is 47.6 Å². The van der Waals surface area contributed by atoms with Crippen molar-refractivity contribution in [1.82, 2.24) is 14.8 Å². The fraction of sp³-hybridized carbons (Fsp3) is 0.318. The molecule has 2 aromatic carbocycles.